The van der Waals surface area contributed by atoms with Crippen LogP contribution in [0.3, 0.4) is 0 Å². The fourth-order valence-corrected chi connectivity index (χ4v) is 2.00. The molecule has 0 spiro atoms. The summed E-state index contributed by atoms with van der Waals surface area (Å²) in [6, 6.07) is 12.1. The molecule has 0 aliphatic rings. The minimum absolute atomic E-state index is 0.233. The van der Waals surface area contributed by atoms with Crippen LogP contribution in [0, 0.1) is 5.82 Å². The largest absolute Gasteiger partial charge is 0.513 e. The maximum atomic E-state index is 12.8. The smallest absolute Gasteiger partial charge is 0.434 e. The van der Waals surface area contributed by atoms with Gasteiger partial charge in [-0.15, -0.1) is 0 Å². The molecule has 2 aromatic carbocycles. The van der Waals surface area contributed by atoms with E-state index in [1.54, 1.807) is 43.3 Å². The number of carbonyl (C=O) groups is 2. The Bertz CT molecular complexity index is 702. The molecule has 2 aromatic rings. The first-order chi connectivity index (χ1) is 12.1. The second kappa shape index (κ2) is 9.27. The Morgan fingerprint density at radius 2 is 1.72 bits per heavy atom. The van der Waals surface area contributed by atoms with Gasteiger partial charge in [-0.05, 0) is 55.3 Å². The highest BCUT2D eigenvalue weighted by molar-refractivity contribution is 5.89. The van der Waals surface area contributed by atoms with Crippen LogP contribution in [0.1, 0.15) is 12.5 Å². The number of halogens is 1. The molecule has 0 aromatic heterocycles. The average Bonchev–Trinajstić information content (AvgIpc) is 2.59. The Labute approximate surface area is 144 Å². The molecule has 0 saturated heterocycles. The number of nitrogens with one attached hydrogen (secondary N) is 2. The number of carbonyl (C=O) groups excluding carboxylic acids is 2. The second-order valence-electron chi connectivity index (χ2n) is 5.07. The van der Waals surface area contributed by atoms with Gasteiger partial charge in [0.2, 0.25) is 0 Å². The van der Waals surface area contributed by atoms with Gasteiger partial charge in [0.25, 0.3) is 0 Å². The molecule has 0 aliphatic heterocycles. The molecule has 0 atom stereocenters. The standard InChI is InChI=1S/C18H19FN2O4/c1-2-24-18(23)25-16-9-7-15(8-10-16)21-17(22)20-12-11-13-3-5-14(19)6-4-13/h3-10H,2,11-12H2,1H3,(H2,20,21,22). The van der Waals surface area contributed by atoms with Gasteiger partial charge in [0.15, 0.2) is 0 Å². The number of hydrogen-bond donors (Lipinski definition) is 2. The number of anilines is 1. The minimum Gasteiger partial charge on any atom is -0.434 e. The summed E-state index contributed by atoms with van der Waals surface area (Å²) >= 11 is 0. The highest BCUT2D eigenvalue weighted by Gasteiger charge is 2.06. The summed E-state index contributed by atoms with van der Waals surface area (Å²) < 4.78 is 22.4. The summed E-state index contributed by atoms with van der Waals surface area (Å²) in [5.74, 6) is 0.0329. The van der Waals surface area contributed by atoms with E-state index < -0.39 is 6.16 Å². The Kier molecular flexibility index (Phi) is 6.76. The number of benzene rings is 2. The van der Waals surface area contributed by atoms with Crippen molar-refractivity contribution in [3.8, 4) is 5.75 Å². The lowest BCUT2D eigenvalue weighted by molar-refractivity contribution is 0.104. The molecule has 6 nitrogen and oxygen atoms in total. The molecule has 25 heavy (non-hydrogen) atoms. The van der Waals surface area contributed by atoms with Crippen molar-refractivity contribution in [1.82, 2.24) is 5.32 Å². The molecule has 7 heteroatoms. The Balaban J connectivity index is 1.74. The van der Waals surface area contributed by atoms with E-state index in [-0.39, 0.29) is 18.5 Å². The predicted molar refractivity (Wildman–Crippen MR) is 91.2 cm³/mol. The number of amides is 2. The van der Waals surface area contributed by atoms with E-state index in [1.807, 2.05) is 0 Å². The average molecular weight is 346 g/mol. The summed E-state index contributed by atoms with van der Waals surface area (Å²) in [5, 5.41) is 5.37. The quantitative estimate of drug-likeness (QED) is 0.617. The molecule has 2 rings (SSSR count). The lowest BCUT2D eigenvalue weighted by atomic mass is 10.1. The summed E-state index contributed by atoms with van der Waals surface area (Å²) in [6.45, 7) is 2.33. The molecule has 0 unspecified atom stereocenters. The Hall–Kier alpha value is -3.09. The maximum Gasteiger partial charge on any atom is 0.513 e. The van der Waals surface area contributed by atoms with Crippen LogP contribution in [-0.2, 0) is 11.2 Å². The van der Waals surface area contributed by atoms with E-state index in [4.69, 9.17) is 4.74 Å². The lowest BCUT2D eigenvalue weighted by Gasteiger charge is -2.09. The first kappa shape index (κ1) is 18.3. The van der Waals surface area contributed by atoms with Gasteiger partial charge in [-0.3, -0.25) is 0 Å². The number of urea groups is 1. The van der Waals surface area contributed by atoms with Crippen molar-refractivity contribution in [1.29, 1.82) is 0 Å². The topological polar surface area (TPSA) is 76.7 Å². The fourth-order valence-electron chi connectivity index (χ4n) is 2.00. The predicted octanol–water partition coefficient (Wildman–Crippen LogP) is 3.73. The number of hydrogen-bond acceptors (Lipinski definition) is 4. The SMILES string of the molecule is CCOC(=O)Oc1ccc(NC(=O)NCCc2ccc(F)cc2)cc1. The molecule has 132 valence electrons. The fraction of sp³-hybridized carbons (Fsp3) is 0.222. The van der Waals surface area contributed by atoms with Crippen LogP contribution >= 0.6 is 0 Å². The lowest BCUT2D eigenvalue weighted by Crippen LogP contribution is -2.30. The summed E-state index contributed by atoms with van der Waals surface area (Å²) in [5.41, 5.74) is 1.48. The van der Waals surface area contributed by atoms with Crippen molar-refractivity contribution in [2.45, 2.75) is 13.3 Å². The summed E-state index contributed by atoms with van der Waals surface area (Å²) in [6.07, 6.45) is -0.179. The number of rotatable bonds is 6. The highest BCUT2D eigenvalue weighted by atomic mass is 19.1. The van der Waals surface area contributed by atoms with Gasteiger partial charge in [-0.1, -0.05) is 12.1 Å². The van der Waals surface area contributed by atoms with Crippen molar-refractivity contribution >= 4 is 17.9 Å². The molecular weight excluding hydrogens is 327 g/mol. The third-order valence-electron chi connectivity index (χ3n) is 3.19. The Morgan fingerprint density at radius 1 is 1.04 bits per heavy atom. The van der Waals surface area contributed by atoms with Crippen molar-refractivity contribution in [2.75, 3.05) is 18.5 Å². The monoisotopic (exact) mass is 346 g/mol. The van der Waals surface area contributed by atoms with Gasteiger partial charge < -0.3 is 20.1 Å². The molecule has 0 heterocycles. The third-order valence-corrected chi connectivity index (χ3v) is 3.19. The Morgan fingerprint density at radius 3 is 2.36 bits per heavy atom. The highest BCUT2D eigenvalue weighted by Crippen LogP contribution is 2.16. The minimum atomic E-state index is -0.776. The van der Waals surface area contributed by atoms with Crippen LogP contribution < -0.4 is 15.4 Å². The van der Waals surface area contributed by atoms with E-state index in [2.05, 4.69) is 15.4 Å². The molecule has 2 amide bonds. The summed E-state index contributed by atoms with van der Waals surface area (Å²) in [4.78, 5) is 23.0. The van der Waals surface area contributed by atoms with E-state index in [0.717, 1.165) is 5.56 Å². The molecule has 0 saturated carbocycles. The van der Waals surface area contributed by atoms with E-state index in [0.29, 0.717) is 24.4 Å². The van der Waals surface area contributed by atoms with Gasteiger partial charge in [0.1, 0.15) is 11.6 Å². The normalized spacial score (nSPS) is 10.0. The zero-order valence-corrected chi connectivity index (χ0v) is 13.8. The van der Waals surface area contributed by atoms with Crippen LogP contribution in [-0.4, -0.2) is 25.3 Å². The number of ether oxygens (including phenoxy) is 2. The van der Waals surface area contributed by atoms with Gasteiger partial charge in [-0.2, -0.15) is 0 Å². The zero-order valence-electron chi connectivity index (χ0n) is 13.8. The van der Waals surface area contributed by atoms with Gasteiger partial charge in [-0.25, -0.2) is 14.0 Å². The molecule has 0 fully saturated rings. The molecular formula is C18H19FN2O4. The zero-order chi connectivity index (χ0) is 18.1. The third kappa shape index (κ3) is 6.50. The van der Waals surface area contributed by atoms with Crippen LogP contribution in [0.5, 0.6) is 5.75 Å². The molecule has 0 radical (unpaired) electrons. The molecule has 2 N–H and O–H groups in total. The van der Waals surface area contributed by atoms with Gasteiger partial charge >= 0.3 is 12.2 Å². The van der Waals surface area contributed by atoms with E-state index in [9.17, 15) is 14.0 Å². The van der Waals surface area contributed by atoms with E-state index in [1.165, 1.54) is 12.1 Å². The maximum absolute atomic E-state index is 12.8. The van der Waals surface area contributed by atoms with E-state index >= 15 is 0 Å². The van der Waals surface area contributed by atoms with Crippen LogP contribution in [0.25, 0.3) is 0 Å². The molecule has 0 bridgehead atoms. The van der Waals surface area contributed by atoms with Crippen LogP contribution in [0.2, 0.25) is 0 Å². The van der Waals surface area contributed by atoms with Crippen molar-refractivity contribution in [2.24, 2.45) is 0 Å². The van der Waals surface area contributed by atoms with Crippen LogP contribution in [0.4, 0.5) is 19.7 Å². The molecule has 0 aliphatic carbocycles. The van der Waals surface area contributed by atoms with Gasteiger partial charge in [0, 0.05) is 12.2 Å². The first-order valence-electron chi connectivity index (χ1n) is 7.81. The van der Waals surface area contributed by atoms with Crippen molar-refractivity contribution < 1.29 is 23.5 Å². The summed E-state index contributed by atoms with van der Waals surface area (Å²) in [7, 11) is 0. The first-order valence-corrected chi connectivity index (χ1v) is 7.81. The van der Waals surface area contributed by atoms with Crippen LogP contribution in [0.15, 0.2) is 48.5 Å². The van der Waals surface area contributed by atoms with Gasteiger partial charge in [0.05, 0.1) is 6.61 Å². The van der Waals surface area contributed by atoms with Crippen molar-refractivity contribution in [3.63, 3.8) is 0 Å². The second-order valence-corrected chi connectivity index (χ2v) is 5.07. The van der Waals surface area contributed by atoms with Crippen molar-refractivity contribution in [3.05, 3.63) is 59.9 Å².